The lowest BCUT2D eigenvalue weighted by molar-refractivity contribution is -0.125. The first-order chi connectivity index (χ1) is 5.26. The molecule has 0 bridgehead atoms. The molecule has 65 valence electrons. The van der Waals surface area contributed by atoms with E-state index in [0.717, 1.165) is 12.8 Å². The SMILES string of the molecule is CC[N]C(=O)C(CC)CCN. The van der Waals surface area contributed by atoms with E-state index in [1.165, 1.54) is 0 Å². The zero-order chi connectivity index (χ0) is 8.69. The average Bonchev–Trinajstić information content (AvgIpc) is 2.00. The number of nitrogens with zero attached hydrogens (tertiary/aromatic N) is 1. The topological polar surface area (TPSA) is 57.2 Å². The van der Waals surface area contributed by atoms with E-state index in [0.29, 0.717) is 13.1 Å². The summed E-state index contributed by atoms with van der Waals surface area (Å²) in [6.45, 7) is 5.01. The second kappa shape index (κ2) is 6.16. The van der Waals surface area contributed by atoms with E-state index in [1.807, 2.05) is 13.8 Å². The molecule has 0 heterocycles. The molecule has 0 aliphatic rings. The second-order valence-corrected chi connectivity index (χ2v) is 2.50. The molecule has 1 unspecified atom stereocenters. The van der Waals surface area contributed by atoms with E-state index in [9.17, 15) is 4.79 Å². The summed E-state index contributed by atoms with van der Waals surface area (Å²) in [5.41, 5.74) is 5.35. The second-order valence-electron chi connectivity index (χ2n) is 2.50. The van der Waals surface area contributed by atoms with Crippen molar-refractivity contribution in [3.8, 4) is 0 Å². The van der Waals surface area contributed by atoms with E-state index < -0.39 is 0 Å². The summed E-state index contributed by atoms with van der Waals surface area (Å²) in [7, 11) is 0. The Morgan fingerprint density at radius 1 is 1.55 bits per heavy atom. The third-order valence-corrected chi connectivity index (χ3v) is 1.67. The molecule has 3 heteroatoms. The minimum Gasteiger partial charge on any atom is -0.330 e. The van der Waals surface area contributed by atoms with Gasteiger partial charge in [0.2, 0.25) is 5.91 Å². The number of rotatable bonds is 5. The first-order valence-electron chi connectivity index (χ1n) is 4.17. The Hall–Kier alpha value is -0.570. The molecule has 3 nitrogen and oxygen atoms in total. The number of nitrogens with two attached hydrogens (primary N) is 1. The summed E-state index contributed by atoms with van der Waals surface area (Å²) in [6, 6.07) is 0. The maximum atomic E-state index is 11.1. The molecule has 0 spiro atoms. The Balaban J connectivity index is 3.71. The van der Waals surface area contributed by atoms with Crippen molar-refractivity contribution in [3.05, 3.63) is 0 Å². The number of amides is 1. The Morgan fingerprint density at radius 2 is 2.18 bits per heavy atom. The van der Waals surface area contributed by atoms with Crippen molar-refractivity contribution in [3.63, 3.8) is 0 Å². The zero-order valence-electron chi connectivity index (χ0n) is 7.34. The lowest BCUT2D eigenvalue weighted by atomic mass is 10.0. The van der Waals surface area contributed by atoms with E-state index in [4.69, 9.17) is 5.73 Å². The van der Waals surface area contributed by atoms with Gasteiger partial charge in [-0.1, -0.05) is 6.92 Å². The van der Waals surface area contributed by atoms with Gasteiger partial charge in [-0.2, -0.15) is 0 Å². The van der Waals surface area contributed by atoms with E-state index >= 15 is 0 Å². The molecule has 1 radical (unpaired) electrons. The van der Waals surface area contributed by atoms with Crippen molar-refractivity contribution >= 4 is 5.91 Å². The molecule has 0 rings (SSSR count). The predicted octanol–water partition coefficient (Wildman–Crippen LogP) is 0.512. The predicted molar refractivity (Wildman–Crippen MR) is 45.1 cm³/mol. The van der Waals surface area contributed by atoms with Crippen LogP contribution in [0.25, 0.3) is 0 Å². The molecule has 0 aliphatic carbocycles. The Bertz CT molecular complexity index is 115. The van der Waals surface area contributed by atoms with Gasteiger partial charge in [-0.05, 0) is 26.3 Å². The minimum atomic E-state index is 0.0143. The Kier molecular flexibility index (Phi) is 5.84. The normalized spacial score (nSPS) is 12.6. The van der Waals surface area contributed by atoms with Crippen LogP contribution < -0.4 is 11.1 Å². The fourth-order valence-corrected chi connectivity index (χ4v) is 0.988. The van der Waals surface area contributed by atoms with Gasteiger partial charge in [-0.15, -0.1) is 0 Å². The van der Waals surface area contributed by atoms with Crippen LogP contribution in [-0.2, 0) is 4.79 Å². The van der Waals surface area contributed by atoms with Crippen LogP contribution in [0.5, 0.6) is 0 Å². The van der Waals surface area contributed by atoms with Crippen molar-refractivity contribution in [1.29, 1.82) is 0 Å². The molecular weight excluding hydrogens is 140 g/mol. The summed E-state index contributed by atoms with van der Waals surface area (Å²) in [5, 5.41) is 3.82. The van der Waals surface area contributed by atoms with Crippen LogP contribution in [0.15, 0.2) is 0 Å². The van der Waals surface area contributed by atoms with Crippen LogP contribution >= 0.6 is 0 Å². The molecule has 0 saturated carbocycles. The van der Waals surface area contributed by atoms with Crippen molar-refractivity contribution < 1.29 is 4.79 Å². The molecule has 0 fully saturated rings. The minimum absolute atomic E-state index is 0.0143. The van der Waals surface area contributed by atoms with Crippen LogP contribution in [0, 0.1) is 5.92 Å². The van der Waals surface area contributed by atoms with Crippen LogP contribution in [-0.4, -0.2) is 19.0 Å². The van der Waals surface area contributed by atoms with Gasteiger partial charge < -0.3 is 5.73 Å². The first-order valence-corrected chi connectivity index (χ1v) is 4.17. The molecule has 11 heavy (non-hydrogen) atoms. The van der Waals surface area contributed by atoms with Gasteiger partial charge in [0.1, 0.15) is 0 Å². The van der Waals surface area contributed by atoms with Gasteiger partial charge in [-0.25, -0.2) is 0 Å². The third kappa shape index (κ3) is 3.98. The molecule has 0 saturated heterocycles. The molecule has 1 atom stereocenters. The van der Waals surface area contributed by atoms with Crippen LogP contribution in [0.4, 0.5) is 0 Å². The monoisotopic (exact) mass is 157 g/mol. The highest BCUT2D eigenvalue weighted by Gasteiger charge is 2.14. The third-order valence-electron chi connectivity index (χ3n) is 1.67. The quantitative estimate of drug-likeness (QED) is 0.632. The molecule has 2 N–H and O–H groups in total. The smallest absolute Gasteiger partial charge is 0.244 e. The Morgan fingerprint density at radius 3 is 2.55 bits per heavy atom. The summed E-state index contributed by atoms with van der Waals surface area (Å²) < 4.78 is 0. The summed E-state index contributed by atoms with van der Waals surface area (Å²) in [4.78, 5) is 11.1. The summed E-state index contributed by atoms with van der Waals surface area (Å²) in [5.74, 6) is 0.0698. The maximum Gasteiger partial charge on any atom is 0.244 e. The van der Waals surface area contributed by atoms with Gasteiger partial charge >= 0.3 is 0 Å². The van der Waals surface area contributed by atoms with Crippen molar-refractivity contribution in [2.24, 2.45) is 11.7 Å². The molecule has 0 aliphatic heterocycles. The van der Waals surface area contributed by atoms with Gasteiger partial charge in [0.15, 0.2) is 0 Å². The molecule has 0 aromatic rings. The molecule has 0 aromatic heterocycles. The fourth-order valence-electron chi connectivity index (χ4n) is 0.988. The van der Waals surface area contributed by atoms with E-state index in [1.54, 1.807) is 0 Å². The average molecular weight is 157 g/mol. The fraction of sp³-hybridized carbons (Fsp3) is 0.875. The van der Waals surface area contributed by atoms with Crippen molar-refractivity contribution in [1.82, 2.24) is 5.32 Å². The number of hydrogen-bond acceptors (Lipinski definition) is 2. The molecular formula is C8H17N2O. The molecule has 0 aromatic carbocycles. The zero-order valence-corrected chi connectivity index (χ0v) is 7.34. The highest BCUT2D eigenvalue weighted by atomic mass is 16.1. The largest absolute Gasteiger partial charge is 0.330 e. The van der Waals surface area contributed by atoms with Gasteiger partial charge in [-0.3, -0.25) is 10.1 Å². The van der Waals surface area contributed by atoms with E-state index in [-0.39, 0.29) is 11.8 Å². The maximum absolute atomic E-state index is 11.1. The van der Waals surface area contributed by atoms with Gasteiger partial charge in [0.05, 0.1) is 0 Å². The van der Waals surface area contributed by atoms with Gasteiger partial charge in [0, 0.05) is 12.5 Å². The lowest BCUT2D eigenvalue weighted by Crippen LogP contribution is -2.26. The highest BCUT2D eigenvalue weighted by molar-refractivity contribution is 5.78. The van der Waals surface area contributed by atoms with Crippen LogP contribution in [0.1, 0.15) is 26.7 Å². The number of hydrogen-bond donors (Lipinski definition) is 1. The Labute approximate surface area is 68.3 Å². The summed E-state index contributed by atoms with van der Waals surface area (Å²) >= 11 is 0. The van der Waals surface area contributed by atoms with Gasteiger partial charge in [0.25, 0.3) is 0 Å². The highest BCUT2D eigenvalue weighted by Crippen LogP contribution is 2.06. The van der Waals surface area contributed by atoms with Crippen molar-refractivity contribution in [2.75, 3.05) is 13.1 Å². The van der Waals surface area contributed by atoms with E-state index in [2.05, 4.69) is 5.32 Å². The summed E-state index contributed by atoms with van der Waals surface area (Å²) in [6.07, 6.45) is 1.61. The first kappa shape index (κ1) is 10.4. The molecule has 1 amide bonds. The van der Waals surface area contributed by atoms with Crippen LogP contribution in [0.3, 0.4) is 0 Å². The van der Waals surface area contributed by atoms with Crippen molar-refractivity contribution in [2.45, 2.75) is 26.7 Å². The van der Waals surface area contributed by atoms with Crippen LogP contribution in [0.2, 0.25) is 0 Å². The standard InChI is InChI=1S/C8H17N2O/c1-3-7(5-6-9)8(11)10-4-2/h7H,3-6,9H2,1-2H3. The number of carbonyl (C=O) groups is 1. The lowest BCUT2D eigenvalue weighted by Gasteiger charge is -2.10. The number of carbonyl (C=O) groups excluding carboxylic acids is 1.